The van der Waals surface area contributed by atoms with Crippen molar-refractivity contribution in [3.63, 3.8) is 0 Å². The second-order valence-corrected chi connectivity index (χ2v) is 6.64. The summed E-state index contributed by atoms with van der Waals surface area (Å²) in [7, 11) is 0. The van der Waals surface area contributed by atoms with E-state index in [-0.39, 0.29) is 5.69 Å². The van der Waals surface area contributed by atoms with Gasteiger partial charge in [0.05, 0.1) is 4.92 Å². The molecular weight excluding hydrogens is 396 g/mol. The molecule has 0 aromatic heterocycles. The standard InChI is InChI=1S/C20H17BrN2O3/c21-17-8-4-16(5-9-17)14-26-20-10-6-15(7-11-20)13-22-18-2-1-3-19(12-18)23(24)25/h1-12,22H,13-14H2. The fourth-order valence-electron chi connectivity index (χ4n) is 2.38. The molecule has 0 aliphatic rings. The number of non-ortho nitro benzene ring substituents is 1. The lowest BCUT2D eigenvalue weighted by Gasteiger charge is -2.09. The molecule has 0 aliphatic heterocycles. The summed E-state index contributed by atoms with van der Waals surface area (Å²) in [5.74, 6) is 0.798. The van der Waals surface area contributed by atoms with Crippen molar-refractivity contribution in [3.05, 3.63) is 98.5 Å². The van der Waals surface area contributed by atoms with Crippen LogP contribution in [0.25, 0.3) is 0 Å². The summed E-state index contributed by atoms with van der Waals surface area (Å²) in [5, 5.41) is 14.0. The Balaban J connectivity index is 1.53. The molecule has 0 spiro atoms. The Kier molecular flexibility index (Phi) is 5.86. The fourth-order valence-corrected chi connectivity index (χ4v) is 2.65. The zero-order valence-electron chi connectivity index (χ0n) is 13.9. The summed E-state index contributed by atoms with van der Waals surface area (Å²) >= 11 is 3.41. The molecule has 3 aromatic carbocycles. The largest absolute Gasteiger partial charge is 0.489 e. The van der Waals surface area contributed by atoms with E-state index in [4.69, 9.17) is 4.74 Å². The van der Waals surface area contributed by atoms with Gasteiger partial charge in [-0.2, -0.15) is 0 Å². The Morgan fingerprint density at radius 2 is 1.65 bits per heavy atom. The summed E-state index contributed by atoms with van der Waals surface area (Å²) in [6.45, 7) is 1.09. The van der Waals surface area contributed by atoms with Crippen LogP contribution < -0.4 is 10.1 Å². The number of nitrogens with one attached hydrogen (secondary N) is 1. The number of rotatable bonds is 7. The van der Waals surface area contributed by atoms with Crippen molar-refractivity contribution in [1.82, 2.24) is 0 Å². The van der Waals surface area contributed by atoms with Crippen LogP contribution in [0.1, 0.15) is 11.1 Å². The first-order chi connectivity index (χ1) is 12.6. The molecule has 26 heavy (non-hydrogen) atoms. The molecule has 0 fully saturated rings. The molecule has 0 saturated heterocycles. The summed E-state index contributed by atoms with van der Waals surface area (Å²) in [5.41, 5.74) is 2.96. The Labute approximate surface area is 159 Å². The van der Waals surface area contributed by atoms with Crippen molar-refractivity contribution in [1.29, 1.82) is 0 Å². The Morgan fingerprint density at radius 1 is 0.962 bits per heavy atom. The zero-order chi connectivity index (χ0) is 18.4. The number of ether oxygens (including phenoxy) is 1. The van der Waals surface area contributed by atoms with E-state index in [1.165, 1.54) is 12.1 Å². The molecule has 3 rings (SSSR count). The van der Waals surface area contributed by atoms with E-state index in [1.807, 2.05) is 54.6 Å². The number of nitro benzene ring substituents is 1. The van der Waals surface area contributed by atoms with Gasteiger partial charge in [0.25, 0.3) is 5.69 Å². The topological polar surface area (TPSA) is 64.4 Å². The second-order valence-electron chi connectivity index (χ2n) is 5.72. The lowest BCUT2D eigenvalue weighted by atomic mass is 10.2. The monoisotopic (exact) mass is 412 g/mol. The van der Waals surface area contributed by atoms with Crippen molar-refractivity contribution in [2.24, 2.45) is 0 Å². The third-order valence-corrected chi connectivity index (χ3v) is 4.32. The van der Waals surface area contributed by atoms with Gasteiger partial charge in [-0.25, -0.2) is 0 Å². The molecule has 132 valence electrons. The number of halogens is 1. The molecule has 0 radical (unpaired) electrons. The van der Waals surface area contributed by atoms with E-state index in [9.17, 15) is 10.1 Å². The molecule has 0 amide bonds. The van der Waals surface area contributed by atoms with Gasteiger partial charge in [-0.15, -0.1) is 0 Å². The van der Waals surface area contributed by atoms with Crippen LogP contribution in [0.3, 0.4) is 0 Å². The maximum atomic E-state index is 10.8. The average molecular weight is 413 g/mol. The van der Waals surface area contributed by atoms with E-state index in [2.05, 4.69) is 21.2 Å². The number of hydrogen-bond acceptors (Lipinski definition) is 4. The Bertz CT molecular complexity index is 880. The second kappa shape index (κ2) is 8.49. The first kappa shape index (κ1) is 17.9. The van der Waals surface area contributed by atoms with Crippen LogP contribution in [-0.2, 0) is 13.2 Å². The highest BCUT2D eigenvalue weighted by atomic mass is 79.9. The van der Waals surface area contributed by atoms with Crippen LogP contribution in [0.5, 0.6) is 5.75 Å². The number of benzene rings is 3. The third-order valence-electron chi connectivity index (χ3n) is 3.80. The Hall–Kier alpha value is -2.86. The minimum absolute atomic E-state index is 0.0756. The van der Waals surface area contributed by atoms with E-state index in [1.54, 1.807) is 6.07 Å². The number of anilines is 1. The minimum atomic E-state index is -0.400. The van der Waals surface area contributed by atoms with Gasteiger partial charge in [0.1, 0.15) is 12.4 Å². The van der Waals surface area contributed by atoms with E-state index in [0.717, 1.165) is 27.0 Å². The van der Waals surface area contributed by atoms with E-state index < -0.39 is 4.92 Å². The van der Waals surface area contributed by atoms with Gasteiger partial charge >= 0.3 is 0 Å². The van der Waals surface area contributed by atoms with Gasteiger partial charge in [-0.05, 0) is 41.5 Å². The molecule has 0 saturated carbocycles. The Morgan fingerprint density at radius 3 is 2.35 bits per heavy atom. The molecule has 3 aromatic rings. The summed E-state index contributed by atoms with van der Waals surface area (Å²) < 4.78 is 6.82. The molecule has 0 bridgehead atoms. The highest BCUT2D eigenvalue weighted by Crippen LogP contribution is 2.19. The number of hydrogen-bond donors (Lipinski definition) is 1. The average Bonchev–Trinajstić information content (AvgIpc) is 2.67. The SMILES string of the molecule is O=[N+]([O-])c1cccc(NCc2ccc(OCc3ccc(Br)cc3)cc2)c1. The summed E-state index contributed by atoms with van der Waals surface area (Å²) in [4.78, 5) is 10.4. The van der Waals surface area contributed by atoms with Crippen LogP contribution in [0.15, 0.2) is 77.3 Å². The first-order valence-electron chi connectivity index (χ1n) is 8.05. The molecule has 5 nitrogen and oxygen atoms in total. The van der Waals surface area contributed by atoms with Crippen molar-refractivity contribution in [3.8, 4) is 5.75 Å². The van der Waals surface area contributed by atoms with Gasteiger partial charge < -0.3 is 10.1 Å². The van der Waals surface area contributed by atoms with Gasteiger partial charge in [-0.3, -0.25) is 10.1 Å². The molecule has 0 aliphatic carbocycles. The van der Waals surface area contributed by atoms with Crippen molar-refractivity contribution >= 4 is 27.3 Å². The lowest BCUT2D eigenvalue weighted by Crippen LogP contribution is -2.00. The van der Waals surface area contributed by atoms with Crippen molar-refractivity contribution in [2.45, 2.75) is 13.2 Å². The van der Waals surface area contributed by atoms with E-state index in [0.29, 0.717) is 13.2 Å². The molecule has 6 heteroatoms. The zero-order valence-corrected chi connectivity index (χ0v) is 15.5. The van der Waals surface area contributed by atoms with Crippen molar-refractivity contribution in [2.75, 3.05) is 5.32 Å². The van der Waals surface area contributed by atoms with Crippen LogP contribution in [-0.4, -0.2) is 4.92 Å². The molecule has 1 N–H and O–H groups in total. The highest BCUT2D eigenvalue weighted by molar-refractivity contribution is 9.10. The highest BCUT2D eigenvalue weighted by Gasteiger charge is 2.05. The predicted octanol–water partition coefficient (Wildman–Crippen LogP) is 5.55. The van der Waals surface area contributed by atoms with E-state index >= 15 is 0 Å². The fraction of sp³-hybridized carbons (Fsp3) is 0.100. The normalized spacial score (nSPS) is 10.3. The third kappa shape index (κ3) is 5.07. The number of nitro groups is 1. The first-order valence-corrected chi connectivity index (χ1v) is 8.84. The smallest absolute Gasteiger partial charge is 0.271 e. The predicted molar refractivity (Wildman–Crippen MR) is 105 cm³/mol. The van der Waals surface area contributed by atoms with Crippen LogP contribution in [0.4, 0.5) is 11.4 Å². The maximum absolute atomic E-state index is 10.8. The van der Waals surface area contributed by atoms with Crippen LogP contribution >= 0.6 is 15.9 Å². The summed E-state index contributed by atoms with van der Waals surface area (Å²) in [6, 6.07) is 22.3. The summed E-state index contributed by atoms with van der Waals surface area (Å²) in [6.07, 6.45) is 0. The van der Waals surface area contributed by atoms with Gasteiger partial charge in [0, 0.05) is 28.8 Å². The minimum Gasteiger partial charge on any atom is -0.489 e. The maximum Gasteiger partial charge on any atom is 0.271 e. The van der Waals surface area contributed by atoms with Crippen LogP contribution in [0.2, 0.25) is 0 Å². The quantitative estimate of drug-likeness (QED) is 0.408. The van der Waals surface area contributed by atoms with Gasteiger partial charge in [-0.1, -0.05) is 46.3 Å². The molecule has 0 atom stereocenters. The van der Waals surface area contributed by atoms with Crippen molar-refractivity contribution < 1.29 is 9.66 Å². The molecular formula is C20H17BrN2O3. The molecule has 0 heterocycles. The van der Waals surface area contributed by atoms with Gasteiger partial charge in [0.15, 0.2) is 0 Å². The molecule has 0 unspecified atom stereocenters. The lowest BCUT2D eigenvalue weighted by molar-refractivity contribution is -0.384. The van der Waals surface area contributed by atoms with Gasteiger partial charge in [0.2, 0.25) is 0 Å². The number of nitrogens with zero attached hydrogens (tertiary/aromatic N) is 1. The van der Waals surface area contributed by atoms with Crippen LogP contribution in [0, 0.1) is 10.1 Å².